The number of hydrogen-bond donors (Lipinski definition) is 1. The predicted octanol–water partition coefficient (Wildman–Crippen LogP) is 3.65. The van der Waals surface area contributed by atoms with Gasteiger partial charge >= 0.3 is 6.09 Å². The Labute approximate surface area is 155 Å². The van der Waals surface area contributed by atoms with Gasteiger partial charge in [0.2, 0.25) is 5.91 Å². The van der Waals surface area contributed by atoms with Crippen molar-refractivity contribution in [1.29, 1.82) is 0 Å². The molecule has 0 spiro atoms. The highest BCUT2D eigenvalue weighted by molar-refractivity contribution is 5.89. The van der Waals surface area contributed by atoms with E-state index in [2.05, 4.69) is 4.98 Å². The molecule has 0 saturated heterocycles. The normalized spacial score (nSPS) is 16.2. The molecule has 27 heavy (non-hydrogen) atoms. The molecule has 138 valence electrons. The molecule has 7 nitrogen and oxygen atoms in total. The number of rotatable bonds is 2. The molecule has 1 aliphatic heterocycles. The Kier molecular flexibility index (Phi) is 4.07. The molecule has 1 aromatic carbocycles. The van der Waals surface area contributed by atoms with Gasteiger partial charge in [-0.15, -0.1) is 0 Å². The molecule has 1 aliphatic rings. The molecule has 1 amide bonds. The first kappa shape index (κ1) is 17.1. The summed E-state index contributed by atoms with van der Waals surface area (Å²) in [6.45, 7) is 4.12. The Bertz CT molecular complexity index is 1060. The van der Waals surface area contributed by atoms with Crippen LogP contribution in [-0.4, -0.2) is 37.6 Å². The van der Waals surface area contributed by atoms with E-state index in [1.54, 1.807) is 37.5 Å². The van der Waals surface area contributed by atoms with Gasteiger partial charge in [-0.25, -0.2) is 4.79 Å². The number of hydrogen-bond acceptors (Lipinski definition) is 4. The average Bonchev–Trinajstić information content (AvgIpc) is 3.05. The van der Waals surface area contributed by atoms with Crippen molar-refractivity contribution in [1.82, 2.24) is 14.5 Å². The molecule has 0 unspecified atom stereocenters. The summed E-state index contributed by atoms with van der Waals surface area (Å²) >= 11 is 0. The van der Waals surface area contributed by atoms with E-state index < -0.39 is 6.09 Å². The smallest absolute Gasteiger partial charge is 0.415 e. The number of ether oxygens (including phenoxy) is 1. The lowest BCUT2D eigenvalue weighted by molar-refractivity contribution is -0.131. The summed E-state index contributed by atoms with van der Waals surface area (Å²) in [5.74, 6) is 1.33. The number of aromatic nitrogens is 2. The molecule has 0 fully saturated rings. The maximum atomic E-state index is 11.8. The van der Waals surface area contributed by atoms with E-state index in [0.29, 0.717) is 30.0 Å². The molecule has 0 saturated carbocycles. The van der Waals surface area contributed by atoms with Crippen molar-refractivity contribution in [2.24, 2.45) is 0 Å². The number of pyridine rings is 1. The lowest BCUT2D eigenvalue weighted by Crippen LogP contribution is -2.41. The van der Waals surface area contributed by atoms with Crippen LogP contribution in [0.1, 0.15) is 25.0 Å². The second-order valence-corrected chi connectivity index (χ2v) is 6.77. The van der Waals surface area contributed by atoms with Gasteiger partial charge in [0.05, 0.1) is 11.7 Å². The van der Waals surface area contributed by atoms with E-state index in [4.69, 9.17) is 4.74 Å². The number of carbonyl (C=O) groups is 2. The zero-order valence-electron chi connectivity index (χ0n) is 15.0. The van der Waals surface area contributed by atoms with Crippen LogP contribution in [0.5, 0.6) is 11.5 Å². The highest BCUT2D eigenvalue weighted by Gasteiger charge is 2.27. The molecule has 2 aromatic heterocycles. The fourth-order valence-electron chi connectivity index (χ4n) is 3.61. The number of fused-ring (bicyclic) bond motifs is 2. The first-order valence-electron chi connectivity index (χ1n) is 8.69. The van der Waals surface area contributed by atoms with Crippen molar-refractivity contribution in [3.63, 3.8) is 0 Å². The number of carbonyl (C=O) groups excluding carboxylic acids is 1. The minimum Gasteiger partial charge on any atom is -0.464 e. The van der Waals surface area contributed by atoms with Gasteiger partial charge in [-0.3, -0.25) is 14.3 Å². The first-order chi connectivity index (χ1) is 12.9. The summed E-state index contributed by atoms with van der Waals surface area (Å²) in [5, 5.41) is 9.97. The Balaban J connectivity index is 1.66. The largest absolute Gasteiger partial charge is 0.464 e. The SMILES string of the molecule is CC(=O)N1Cc2cncc(Oc3ccc4c(ccn4C(=O)O)c3)c2C[C@@H]1C. The molecule has 7 heteroatoms. The van der Waals surface area contributed by atoms with Crippen molar-refractivity contribution in [3.05, 3.63) is 54.0 Å². The van der Waals surface area contributed by atoms with Crippen LogP contribution >= 0.6 is 0 Å². The summed E-state index contributed by atoms with van der Waals surface area (Å²) in [7, 11) is 0. The second kappa shape index (κ2) is 6.42. The van der Waals surface area contributed by atoms with Crippen LogP contribution in [0.3, 0.4) is 0 Å². The van der Waals surface area contributed by atoms with Gasteiger partial charge < -0.3 is 14.7 Å². The zero-order valence-corrected chi connectivity index (χ0v) is 15.0. The molecular weight excluding hydrogens is 346 g/mol. The number of benzene rings is 1. The van der Waals surface area contributed by atoms with Crippen LogP contribution in [0.4, 0.5) is 4.79 Å². The fraction of sp³-hybridized carbons (Fsp3) is 0.250. The summed E-state index contributed by atoms with van der Waals surface area (Å²) in [5.41, 5.74) is 2.64. The van der Waals surface area contributed by atoms with Gasteiger partial charge in [-0.1, -0.05) is 0 Å². The molecule has 3 aromatic rings. The lowest BCUT2D eigenvalue weighted by atomic mass is 9.95. The van der Waals surface area contributed by atoms with Gasteiger partial charge in [0.25, 0.3) is 0 Å². The Morgan fingerprint density at radius 1 is 1.26 bits per heavy atom. The van der Waals surface area contributed by atoms with Crippen LogP contribution in [0, 0.1) is 0 Å². The molecule has 1 N–H and O–H groups in total. The van der Waals surface area contributed by atoms with Gasteiger partial charge in [0.1, 0.15) is 11.5 Å². The predicted molar refractivity (Wildman–Crippen MR) is 99.1 cm³/mol. The highest BCUT2D eigenvalue weighted by atomic mass is 16.5. The third-order valence-electron chi connectivity index (χ3n) is 4.98. The molecular formula is C20H19N3O4. The number of carboxylic acid groups (broad SMARTS) is 1. The van der Waals surface area contributed by atoms with E-state index in [0.717, 1.165) is 16.5 Å². The number of amides is 1. The average molecular weight is 365 g/mol. The van der Waals surface area contributed by atoms with Gasteiger partial charge in [-0.2, -0.15) is 0 Å². The first-order valence-corrected chi connectivity index (χ1v) is 8.69. The summed E-state index contributed by atoms with van der Waals surface area (Å²) in [4.78, 5) is 29.1. The van der Waals surface area contributed by atoms with E-state index in [9.17, 15) is 14.7 Å². The Morgan fingerprint density at radius 3 is 2.81 bits per heavy atom. The van der Waals surface area contributed by atoms with Crippen LogP contribution < -0.4 is 4.74 Å². The van der Waals surface area contributed by atoms with Gasteiger partial charge in [0.15, 0.2) is 0 Å². The van der Waals surface area contributed by atoms with E-state index in [-0.39, 0.29) is 11.9 Å². The maximum absolute atomic E-state index is 11.8. The van der Waals surface area contributed by atoms with Gasteiger partial charge in [-0.05, 0) is 43.2 Å². The van der Waals surface area contributed by atoms with E-state index in [1.807, 2.05) is 17.9 Å². The second-order valence-electron chi connectivity index (χ2n) is 6.77. The molecule has 3 heterocycles. The third kappa shape index (κ3) is 3.01. The minimum atomic E-state index is -1.02. The highest BCUT2D eigenvalue weighted by Crippen LogP contribution is 2.33. The summed E-state index contributed by atoms with van der Waals surface area (Å²) < 4.78 is 7.25. The van der Waals surface area contributed by atoms with Crippen LogP contribution in [0.25, 0.3) is 10.9 Å². The summed E-state index contributed by atoms with van der Waals surface area (Å²) in [6.07, 6.45) is 4.65. The quantitative estimate of drug-likeness (QED) is 0.749. The Hall–Kier alpha value is -3.35. The molecule has 0 aliphatic carbocycles. The molecule has 0 bridgehead atoms. The Morgan fingerprint density at radius 2 is 2.07 bits per heavy atom. The van der Waals surface area contributed by atoms with Crippen molar-refractivity contribution < 1.29 is 19.4 Å². The van der Waals surface area contributed by atoms with E-state index >= 15 is 0 Å². The van der Waals surface area contributed by atoms with Crippen molar-refractivity contribution in [2.45, 2.75) is 32.9 Å². The zero-order chi connectivity index (χ0) is 19.1. The van der Waals surface area contributed by atoms with Crippen LogP contribution in [-0.2, 0) is 17.8 Å². The van der Waals surface area contributed by atoms with Crippen LogP contribution in [0.2, 0.25) is 0 Å². The monoisotopic (exact) mass is 365 g/mol. The topological polar surface area (TPSA) is 84.7 Å². The fourth-order valence-corrected chi connectivity index (χ4v) is 3.61. The van der Waals surface area contributed by atoms with Crippen molar-refractivity contribution in [3.8, 4) is 11.5 Å². The number of nitrogens with zero attached hydrogens (tertiary/aromatic N) is 3. The minimum absolute atomic E-state index is 0.0489. The van der Waals surface area contributed by atoms with E-state index in [1.165, 1.54) is 10.8 Å². The maximum Gasteiger partial charge on any atom is 0.415 e. The molecule has 1 atom stereocenters. The lowest BCUT2D eigenvalue weighted by Gasteiger charge is -2.34. The standard InChI is InChI=1S/C20H19N3O4/c1-12-7-17-15(11-23(12)13(2)24)9-21-10-19(17)27-16-3-4-18-14(8-16)5-6-22(18)20(25)26/h3-6,8-10,12H,7,11H2,1-2H3,(H,25,26)/t12-/m0/s1. The van der Waals surface area contributed by atoms with Gasteiger partial charge in [0, 0.05) is 42.9 Å². The summed E-state index contributed by atoms with van der Waals surface area (Å²) in [6, 6.07) is 7.10. The molecule has 0 radical (unpaired) electrons. The van der Waals surface area contributed by atoms with Crippen LogP contribution in [0.15, 0.2) is 42.9 Å². The molecule has 4 rings (SSSR count). The van der Waals surface area contributed by atoms with Crippen molar-refractivity contribution in [2.75, 3.05) is 0 Å². The third-order valence-corrected chi connectivity index (χ3v) is 4.98. The van der Waals surface area contributed by atoms with Crippen molar-refractivity contribution >= 4 is 22.9 Å².